The Balaban J connectivity index is 5.95. The number of methoxy groups -OCH3 is 2. The van der Waals surface area contributed by atoms with Gasteiger partial charge in [0.2, 0.25) is 0 Å². The molecule has 0 radical (unpaired) electrons. The van der Waals surface area contributed by atoms with Crippen LogP contribution in [0.1, 0.15) is 13.8 Å². The summed E-state index contributed by atoms with van der Waals surface area (Å²) in [6, 6.07) is 3.61. The van der Waals surface area contributed by atoms with Crippen LogP contribution in [0.15, 0.2) is 31.0 Å². The molecule has 0 aliphatic carbocycles. The first-order valence-electron chi connectivity index (χ1n) is 6.22. The molecule has 0 unspecified atom stereocenters. The maximum absolute atomic E-state index is 11.7. The second kappa shape index (κ2) is 10.3. The Bertz CT molecular complexity index is 643. The molecule has 0 fully saturated rings. The van der Waals surface area contributed by atoms with Gasteiger partial charge in [-0.15, -0.1) is 0 Å². The Kier molecular flexibility index (Phi) is 9.16. The summed E-state index contributed by atoms with van der Waals surface area (Å²) in [4.78, 5) is 23.1. The highest BCUT2D eigenvalue weighted by molar-refractivity contribution is 8.11. The van der Waals surface area contributed by atoms with E-state index in [1.807, 2.05) is 0 Å². The lowest BCUT2D eigenvalue weighted by Crippen LogP contribution is -2.10. The molecule has 0 aliphatic rings. The van der Waals surface area contributed by atoms with Gasteiger partial charge in [-0.1, -0.05) is 23.5 Å². The fourth-order valence-corrected chi connectivity index (χ4v) is 2.88. The quantitative estimate of drug-likeness (QED) is 0.400. The highest BCUT2D eigenvalue weighted by atomic mass is 32.2. The summed E-state index contributed by atoms with van der Waals surface area (Å²) in [6.07, 6.45) is 0. The zero-order valence-corrected chi connectivity index (χ0v) is 15.1. The fourth-order valence-electron chi connectivity index (χ4n) is 1.20. The summed E-state index contributed by atoms with van der Waals surface area (Å²) in [7, 11) is 2.33. The minimum atomic E-state index is -0.742. The molecule has 0 aliphatic heterocycles. The third-order valence-electron chi connectivity index (χ3n) is 2.28. The van der Waals surface area contributed by atoms with Crippen LogP contribution < -0.4 is 11.5 Å². The lowest BCUT2D eigenvalue weighted by Gasteiger charge is -2.09. The van der Waals surface area contributed by atoms with E-state index in [1.54, 1.807) is 12.1 Å². The third-order valence-corrected chi connectivity index (χ3v) is 4.79. The van der Waals surface area contributed by atoms with Gasteiger partial charge in [-0.2, -0.15) is 10.5 Å². The first-order chi connectivity index (χ1) is 11.2. The summed E-state index contributed by atoms with van der Waals surface area (Å²) < 4.78 is 9.17. The lowest BCUT2D eigenvalue weighted by molar-refractivity contribution is -0.136. The van der Waals surface area contributed by atoms with Gasteiger partial charge in [0.25, 0.3) is 0 Å². The van der Waals surface area contributed by atoms with Crippen molar-refractivity contribution in [3.05, 3.63) is 31.0 Å². The number of carbonyl (C=O) groups is 2. The van der Waals surface area contributed by atoms with Crippen molar-refractivity contribution in [2.24, 2.45) is 11.5 Å². The number of carbonyl (C=O) groups excluding carboxylic acids is 2. The largest absolute Gasteiger partial charge is 0.465 e. The van der Waals surface area contributed by atoms with Crippen LogP contribution in [0, 0.1) is 22.7 Å². The van der Waals surface area contributed by atoms with Crippen LogP contribution >= 0.6 is 23.5 Å². The molecule has 4 N–H and O–H groups in total. The first-order valence-corrected chi connectivity index (χ1v) is 7.86. The maximum Gasteiger partial charge on any atom is 0.346 e. The SMILES string of the molecule is COC(=O)/C(S/C(C#N)=C(/C#N)S/C(C(=O)OC)=C(\C)N)=C(/C)N. The molecular weight excluding hydrogens is 352 g/mol. The van der Waals surface area contributed by atoms with Crippen LogP contribution in [-0.2, 0) is 19.1 Å². The topological polar surface area (TPSA) is 152 Å². The van der Waals surface area contributed by atoms with Crippen LogP contribution in [0.5, 0.6) is 0 Å². The van der Waals surface area contributed by atoms with Crippen LogP contribution in [0.4, 0.5) is 0 Å². The summed E-state index contributed by atoms with van der Waals surface area (Å²) >= 11 is 1.35. The number of thioether (sulfide) groups is 2. The lowest BCUT2D eigenvalue weighted by atomic mass is 10.4. The highest BCUT2D eigenvalue weighted by Crippen LogP contribution is 2.37. The van der Waals surface area contributed by atoms with E-state index in [4.69, 9.17) is 11.5 Å². The van der Waals surface area contributed by atoms with Gasteiger partial charge in [0.1, 0.15) is 31.8 Å². The van der Waals surface area contributed by atoms with Gasteiger partial charge in [0.15, 0.2) is 0 Å². The van der Waals surface area contributed by atoms with Crippen molar-refractivity contribution < 1.29 is 19.1 Å². The van der Waals surface area contributed by atoms with E-state index in [0.29, 0.717) is 23.5 Å². The van der Waals surface area contributed by atoms with Crippen LogP contribution in [-0.4, -0.2) is 26.2 Å². The molecule has 0 bridgehead atoms. The van der Waals surface area contributed by atoms with Gasteiger partial charge in [0, 0.05) is 11.4 Å². The van der Waals surface area contributed by atoms with E-state index < -0.39 is 11.9 Å². The molecule has 24 heavy (non-hydrogen) atoms. The molecule has 0 amide bonds. The van der Waals surface area contributed by atoms with Crippen molar-refractivity contribution in [3.63, 3.8) is 0 Å². The van der Waals surface area contributed by atoms with E-state index in [0.717, 1.165) is 14.2 Å². The van der Waals surface area contributed by atoms with Crippen LogP contribution in [0.25, 0.3) is 0 Å². The summed E-state index contributed by atoms with van der Waals surface area (Å²) in [5.41, 5.74) is 11.5. The van der Waals surface area contributed by atoms with Crippen molar-refractivity contribution in [1.82, 2.24) is 0 Å². The number of nitrogens with zero attached hydrogens (tertiary/aromatic N) is 2. The molecule has 0 saturated carbocycles. The monoisotopic (exact) mass is 368 g/mol. The summed E-state index contributed by atoms with van der Waals surface area (Å²) in [5.74, 6) is -1.48. The molecular formula is C14H16N4O4S2. The molecule has 0 heterocycles. The molecule has 128 valence electrons. The molecule has 0 aromatic carbocycles. The van der Waals surface area contributed by atoms with E-state index in [9.17, 15) is 20.1 Å². The fraction of sp³-hybridized carbons (Fsp3) is 0.286. The van der Waals surface area contributed by atoms with Crippen molar-refractivity contribution in [2.75, 3.05) is 14.2 Å². The zero-order valence-electron chi connectivity index (χ0n) is 13.5. The smallest absolute Gasteiger partial charge is 0.346 e. The number of nitriles is 2. The average Bonchev–Trinajstić information content (AvgIpc) is 2.55. The third kappa shape index (κ3) is 5.91. The predicted molar refractivity (Wildman–Crippen MR) is 91.2 cm³/mol. The number of esters is 2. The number of hydrogen-bond donors (Lipinski definition) is 2. The van der Waals surface area contributed by atoms with Gasteiger partial charge in [-0.3, -0.25) is 0 Å². The van der Waals surface area contributed by atoms with Gasteiger partial charge in [-0.05, 0) is 13.8 Å². The van der Waals surface area contributed by atoms with Crippen LogP contribution in [0.3, 0.4) is 0 Å². The molecule has 0 atom stereocenters. The van der Waals surface area contributed by atoms with Gasteiger partial charge in [-0.25, -0.2) is 9.59 Å². The van der Waals surface area contributed by atoms with Crippen molar-refractivity contribution in [1.29, 1.82) is 10.5 Å². The molecule has 0 aromatic rings. The average molecular weight is 368 g/mol. The Morgan fingerprint density at radius 1 is 0.833 bits per heavy atom. The Labute approximate surface area is 148 Å². The first kappa shape index (κ1) is 21.4. The van der Waals surface area contributed by atoms with Gasteiger partial charge < -0.3 is 20.9 Å². The maximum atomic E-state index is 11.7. The predicted octanol–water partition coefficient (Wildman–Crippen LogP) is 1.44. The molecule has 0 spiro atoms. The number of nitrogens with two attached hydrogens (primary N) is 2. The second-order valence-electron chi connectivity index (χ2n) is 4.09. The van der Waals surface area contributed by atoms with Crippen molar-refractivity contribution in [3.8, 4) is 12.1 Å². The molecule has 8 nitrogen and oxygen atoms in total. The number of allylic oxidation sites excluding steroid dienone is 4. The van der Waals surface area contributed by atoms with Gasteiger partial charge >= 0.3 is 11.9 Å². The zero-order chi connectivity index (χ0) is 18.9. The summed E-state index contributed by atoms with van der Waals surface area (Å²) in [5, 5.41) is 18.6. The van der Waals surface area contributed by atoms with Crippen molar-refractivity contribution in [2.45, 2.75) is 13.8 Å². The Morgan fingerprint density at radius 3 is 1.29 bits per heavy atom. The van der Waals surface area contributed by atoms with Crippen LogP contribution in [0.2, 0.25) is 0 Å². The standard InChI is InChI=1S/C14H16N4O4S2/c1-7(17)11(13(19)21-3)23-9(5-15)10(6-16)24-12(8(2)18)14(20)22-4/h17-18H2,1-4H3/b10-9-,11-7+,12-8+. The number of rotatable bonds is 6. The van der Waals surface area contributed by atoms with E-state index in [-0.39, 0.29) is 31.0 Å². The second-order valence-corrected chi connectivity index (χ2v) is 6.13. The van der Waals surface area contributed by atoms with E-state index in [2.05, 4.69) is 9.47 Å². The Hall–Kier alpha value is -2.56. The number of hydrogen-bond acceptors (Lipinski definition) is 10. The minimum absolute atomic E-state index is 0.0320. The molecule has 0 saturated heterocycles. The van der Waals surface area contributed by atoms with E-state index in [1.165, 1.54) is 13.8 Å². The highest BCUT2D eigenvalue weighted by Gasteiger charge is 2.22. The Morgan fingerprint density at radius 2 is 1.12 bits per heavy atom. The van der Waals surface area contributed by atoms with E-state index >= 15 is 0 Å². The van der Waals surface area contributed by atoms with Gasteiger partial charge in [0.05, 0.1) is 14.2 Å². The molecule has 0 aromatic heterocycles. The normalized spacial score (nSPS) is 13.4. The minimum Gasteiger partial charge on any atom is -0.465 e. The molecule has 0 rings (SSSR count). The number of ether oxygens (including phenoxy) is 2. The molecule has 10 heteroatoms. The van der Waals surface area contributed by atoms with Crippen molar-refractivity contribution >= 4 is 35.5 Å². The summed E-state index contributed by atoms with van der Waals surface area (Å²) in [6.45, 7) is 2.91.